The molecule has 0 spiro atoms. The second-order valence-electron chi connectivity index (χ2n) is 2.42. The third-order valence-electron chi connectivity index (χ3n) is 1.51. The fourth-order valence-corrected chi connectivity index (χ4v) is 0.613. The molecular formula is C12H18FN. The maximum Gasteiger partial charge on any atom is 0.140 e. The van der Waals surface area contributed by atoms with E-state index in [1.807, 2.05) is 27.7 Å². The van der Waals surface area contributed by atoms with E-state index in [0.29, 0.717) is 0 Å². The van der Waals surface area contributed by atoms with Gasteiger partial charge in [-0.3, -0.25) is 0 Å². The van der Waals surface area contributed by atoms with Gasteiger partial charge < -0.3 is 0 Å². The van der Waals surface area contributed by atoms with Gasteiger partial charge in [0.1, 0.15) is 11.9 Å². The SMILES string of the molecule is C=C/C(F)=C(C#N)\C=C(/C)CC.CC. The largest absolute Gasteiger partial charge is 0.206 e. The number of allylic oxidation sites excluding steroid dienone is 5. The Morgan fingerprint density at radius 2 is 2.00 bits per heavy atom. The molecule has 0 heterocycles. The van der Waals surface area contributed by atoms with Gasteiger partial charge in [-0.25, -0.2) is 4.39 Å². The molecule has 0 saturated carbocycles. The van der Waals surface area contributed by atoms with Gasteiger partial charge in [0, 0.05) is 0 Å². The van der Waals surface area contributed by atoms with Gasteiger partial charge in [-0.1, -0.05) is 32.9 Å². The van der Waals surface area contributed by atoms with Crippen molar-refractivity contribution in [2.24, 2.45) is 0 Å². The molecule has 2 heteroatoms. The molecule has 0 unspecified atom stereocenters. The Kier molecular flexibility index (Phi) is 10.5. The molecule has 0 aromatic rings. The molecule has 0 N–H and O–H groups in total. The minimum absolute atomic E-state index is 0.0457. The average Bonchev–Trinajstić information content (AvgIpc) is 2.27. The molecule has 0 amide bonds. The van der Waals surface area contributed by atoms with E-state index in [0.717, 1.165) is 18.1 Å². The zero-order valence-electron chi connectivity index (χ0n) is 9.39. The number of hydrogen-bond donors (Lipinski definition) is 0. The van der Waals surface area contributed by atoms with Crippen molar-refractivity contribution in [1.29, 1.82) is 5.26 Å². The second kappa shape index (κ2) is 9.73. The lowest BCUT2D eigenvalue weighted by atomic mass is 10.1. The predicted octanol–water partition coefficient (Wildman–Crippen LogP) is 4.30. The zero-order valence-corrected chi connectivity index (χ0v) is 9.39. The summed E-state index contributed by atoms with van der Waals surface area (Å²) in [5.41, 5.74) is 1.02. The molecule has 0 atom stereocenters. The summed E-state index contributed by atoms with van der Waals surface area (Å²) in [5.74, 6) is -0.565. The molecule has 0 saturated heterocycles. The second-order valence-corrected chi connectivity index (χ2v) is 2.42. The summed E-state index contributed by atoms with van der Waals surface area (Å²) in [6, 6.07) is 1.77. The van der Waals surface area contributed by atoms with Crippen molar-refractivity contribution >= 4 is 0 Å². The van der Waals surface area contributed by atoms with Crippen molar-refractivity contribution in [3.05, 3.63) is 35.7 Å². The third kappa shape index (κ3) is 6.19. The Morgan fingerprint density at radius 1 is 1.50 bits per heavy atom. The highest BCUT2D eigenvalue weighted by molar-refractivity contribution is 5.40. The molecule has 0 aliphatic heterocycles. The molecular weight excluding hydrogens is 177 g/mol. The number of nitriles is 1. The van der Waals surface area contributed by atoms with Crippen LogP contribution in [0.5, 0.6) is 0 Å². The van der Waals surface area contributed by atoms with Crippen molar-refractivity contribution in [2.45, 2.75) is 34.1 Å². The number of rotatable bonds is 3. The van der Waals surface area contributed by atoms with Crippen LogP contribution in [-0.2, 0) is 0 Å². The third-order valence-corrected chi connectivity index (χ3v) is 1.51. The minimum Gasteiger partial charge on any atom is -0.206 e. The van der Waals surface area contributed by atoms with Crippen LogP contribution in [0.1, 0.15) is 34.1 Å². The molecule has 78 valence electrons. The molecule has 0 fully saturated rings. The van der Waals surface area contributed by atoms with Gasteiger partial charge >= 0.3 is 0 Å². The molecule has 14 heavy (non-hydrogen) atoms. The predicted molar refractivity (Wildman–Crippen MR) is 59.3 cm³/mol. The quantitative estimate of drug-likeness (QED) is 0.486. The van der Waals surface area contributed by atoms with Crippen LogP contribution in [0.25, 0.3) is 0 Å². The summed E-state index contributed by atoms with van der Waals surface area (Å²) in [6.45, 7) is 11.1. The van der Waals surface area contributed by atoms with E-state index < -0.39 is 5.83 Å². The lowest BCUT2D eigenvalue weighted by Gasteiger charge is -1.94. The lowest BCUT2D eigenvalue weighted by molar-refractivity contribution is 0.662. The molecule has 0 bridgehead atoms. The Labute approximate surface area is 86.2 Å². The van der Waals surface area contributed by atoms with Crippen molar-refractivity contribution < 1.29 is 4.39 Å². The van der Waals surface area contributed by atoms with Gasteiger partial charge in [0.25, 0.3) is 0 Å². The summed E-state index contributed by atoms with van der Waals surface area (Å²) in [6.07, 6.45) is 3.39. The van der Waals surface area contributed by atoms with Crippen molar-refractivity contribution in [2.75, 3.05) is 0 Å². The molecule has 0 aliphatic rings. The maximum atomic E-state index is 12.8. The van der Waals surface area contributed by atoms with Crippen molar-refractivity contribution in [1.82, 2.24) is 0 Å². The molecule has 0 aromatic carbocycles. The Bertz CT molecular complexity index is 267. The van der Waals surface area contributed by atoms with Crippen LogP contribution in [0.2, 0.25) is 0 Å². The Balaban J connectivity index is 0. The fraction of sp³-hybridized carbons (Fsp3) is 0.417. The van der Waals surface area contributed by atoms with Gasteiger partial charge in [-0.15, -0.1) is 0 Å². The van der Waals surface area contributed by atoms with Crippen LogP contribution >= 0.6 is 0 Å². The zero-order chi connectivity index (χ0) is 11.6. The highest BCUT2D eigenvalue weighted by Gasteiger charge is 1.98. The van der Waals surface area contributed by atoms with Gasteiger partial charge in [-0.2, -0.15) is 5.26 Å². The molecule has 0 radical (unpaired) electrons. The van der Waals surface area contributed by atoms with E-state index in [-0.39, 0.29) is 5.57 Å². The van der Waals surface area contributed by atoms with Crippen LogP contribution in [0.15, 0.2) is 35.7 Å². The standard InChI is InChI=1S/C10H12FN.C2H6/c1-4-8(3)6-9(7-12)10(11)5-2;1-2/h5-6H,2,4H2,1,3H3;1-2H3/b8-6+,10-9-;. The van der Waals surface area contributed by atoms with Crippen LogP contribution < -0.4 is 0 Å². The normalized spacial score (nSPS) is 11.9. The summed E-state index contributed by atoms with van der Waals surface area (Å²) >= 11 is 0. The van der Waals surface area contributed by atoms with E-state index in [2.05, 4.69) is 6.58 Å². The summed E-state index contributed by atoms with van der Waals surface area (Å²) < 4.78 is 12.8. The smallest absolute Gasteiger partial charge is 0.140 e. The summed E-state index contributed by atoms with van der Waals surface area (Å²) in [7, 11) is 0. The maximum absolute atomic E-state index is 12.8. The first-order valence-corrected chi connectivity index (χ1v) is 4.75. The minimum atomic E-state index is -0.565. The number of halogens is 1. The van der Waals surface area contributed by atoms with Gasteiger partial charge in [0.2, 0.25) is 0 Å². The van der Waals surface area contributed by atoms with Crippen LogP contribution in [-0.4, -0.2) is 0 Å². The number of nitrogens with zero attached hydrogens (tertiary/aromatic N) is 1. The molecule has 1 nitrogen and oxygen atoms in total. The van der Waals surface area contributed by atoms with Gasteiger partial charge in [0.15, 0.2) is 0 Å². The van der Waals surface area contributed by atoms with E-state index in [4.69, 9.17) is 5.26 Å². The topological polar surface area (TPSA) is 23.8 Å². The first-order chi connectivity index (χ1) is 6.65. The van der Waals surface area contributed by atoms with Crippen LogP contribution in [0.4, 0.5) is 4.39 Å². The summed E-state index contributed by atoms with van der Waals surface area (Å²) in [4.78, 5) is 0. The van der Waals surface area contributed by atoms with Crippen LogP contribution in [0.3, 0.4) is 0 Å². The van der Waals surface area contributed by atoms with E-state index in [1.54, 1.807) is 6.07 Å². The molecule has 0 aromatic heterocycles. The summed E-state index contributed by atoms with van der Waals surface area (Å²) in [5, 5.41) is 8.53. The Morgan fingerprint density at radius 3 is 2.29 bits per heavy atom. The molecule has 0 aliphatic carbocycles. The molecule has 0 rings (SSSR count). The monoisotopic (exact) mass is 195 g/mol. The van der Waals surface area contributed by atoms with Crippen molar-refractivity contribution in [3.63, 3.8) is 0 Å². The first-order valence-electron chi connectivity index (χ1n) is 4.75. The number of hydrogen-bond acceptors (Lipinski definition) is 1. The van der Waals surface area contributed by atoms with E-state index in [1.165, 1.54) is 6.08 Å². The Hall–Kier alpha value is -1.36. The fourth-order valence-electron chi connectivity index (χ4n) is 0.613. The van der Waals surface area contributed by atoms with Crippen LogP contribution in [0, 0.1) is 11.3 Å². The first kappa shape index (κ1) is 15.1. The lowest BCUT2D eigenvalue weighted by Crippen LogP contribution is -1.80. The highest BCUT2D eigenvalue weighted by Crippen LogP contribution is 2.11. The van der Waals surface area contributed by atoms with E-state index in [9.17, 15) is 4.39 Å². The van der Waals surface area contributed by atoms with Gasteiger partial charge in [0.05, 0.1) is 5.57 Å². The van der Waals surface area contributed by atoms with Gasteiger partial charge in [-0.05, 0) is 25.5 Å². The highest BCUT2D eigenvalue weighted by atomic mass is 19.1. The average molecular weight is 195 g/mol. The van der Waals surface area contributed by atoms with E-state index >= 15 is 0 Å². The van der Waals surface area contributed by atoms with Crippen molar-refractivity contribution in [3.8, 4) is 6.07 Å².